The Labute approximate surface area is 118 Å². The topological polar surface area (TPSA) is 15.3 Å². The highest BCUT2D eigenvalue weighted by atomic mass is 19.4. The molecule has 1 N–H and O–H groups in total. The number of nitrogens with zero attached hydrogens (tertiary/aromatic N) is 1. The van der Waals surface area contributed by atoms with Gasteiger partial charge in [-0.15, -0.1) is 0 Å². The third-order valence-electron chi connectivity index (χ3n) is 3.98. The summed E-state index contributed by atoms with van der Waals surface area (Å²) in [7, 11) is 2.10. The van der Waals surface area contributed by atoms with E-state index in [9.17, 15) is 13.2 Å². The summed E-state index contributed by atoms with van der Waals surface area (Å²) in [5.41, 5.74) is 0.273. The van der Waals surface area contributed by atoms with Crippen molar-refractivity contribution in [1.29, 1.82) is 0 Å². The van der Waals surface area contributed by atoms with Crippen LogP contribution in [0.15, 0.2) is 18.2 Å². The molecule has 2 rings (SSSR count). The minimum Gasteiger partial charge on any atom is -0.385 e. The number of aryl methyl sites for hydroxylation is 1. The fourth-order valence-corrected chi connectivity index (χ4v) is 2.57. The second-order valence-electron chi connectivity index (χ2n) is 5.66. The normalized spacial score (nSPS) is 18.2. The van der Waals surface area contributed by atoms with Gasteiger partial charge in [0.25, 0.3) is 0 Å². The molecule has 1 aliphatic heterocycles. The molecule has 1 aliphatic rings. The van der Waals surface area contributed by atoms with Crippen LogP contribution in [0.25, 0.3) is 0 Å². The average molecular weight is 286 g/mol. The number of benzene rings is 1. The van der Waals surface area contributed by atoms with Gasteiger partial charge in [-0.1, -0.05) is 6.07 Å². The molecule has 2 nitrogen and oxygen atoms in total. The van der Waals surface area contributed by atoms with Gasteiger partial charge in [-0.2, -0.15) is 13.2 Å². The van der Waals surface area contributed by atoms with E-state index >= 15 is 0 Å². The van der Waals surface area contributed by atoms with Crippen LogP contribution in [0.4, 0.5) is 18.9 Å². The van der Waals surface area contributed by atoms with Gasteiger partial charge >= 0.3 is 6.18 Å². The first kappa shape index (κ1) is 15.2. The van der Waals surface area contributed by atoms with Crippen LogP contribution in [-0.2, 0) is 6.18 Å². The molecule has 1 fully saturated rings. The number of rotatable bonds is 3. The fourth-order valence-electron chi connectivity index (χ4n) is 2.57. The molecular weight excluding hydrogens is 265 g/mol. The summed E-state index contributed by atoms with van der Waals surface area (Å²) in [5.74, 6) is 0.543. The molecule has 1 heterocycles. The van der Waals surface area contributed by atoms with Gasteiger partial charge in [0, 0.05) is 12.2 Å². The maximum absolute atomic E-state index is 12.8. The molecular formula is C15H21F3N2. The maximum atomic E-state index is 12.8. The van der Waals surface area contributed by atoms with Crippen LogP contribution in [-0.4, -0.2) is 31.6 Å². The molecule has 5 heteroatoms. The first-order chi connectivity index (χ1) is 9.36. The Kier molecular flexibility index (Phi) is 4.58. The lowest BCUT2D eigenvalue weighted by Gasteiger charge is -2.29. The van der Waals surface area contributed by atoms with Crippen molar-refractivity contribution < 1.29 is 13.2 Å². The zero-order chi connectivity index (χ0) is 14.8. The van der Waals surface area contributed by atoms with Crippen LogP contribution in [0, 0.1) is 12.8 Å². The summed E-state index contributed by atoms with van der Waals surface area (Å²) in [6, 6.07) is 4.46. The van der Waals surface area contributed by atoms with Crippen molar-refractivity contribution in [3.63, 3.8) is 0 Å². The van der Waals surface area contributed by atoms with E-state index in [1.807, 2.05) is 0 Å². The average Bonchev–Trinajstić information content (AvgIpc) is 2.38. The molecule has 1 aromatic carbocycles. The largest absolute Gasteiger partial charge is 0.416 e. The number of likely N-dealkylation sites (tertiary alicyclic amines) is 1. The van der Waals surface area contributed by atoms with Gasteiger partial charge in [-0.05, 0) is 63.5 Å². The van der Waals surface area contributed by atoms with Crippen molar-refractivity contribution >= 4 is 5.69 Å². The minimum atomic E-state index is -4.28. The van der Waals surface area contributed by atoms with Gasteiger partial charge in [0.15, 0.2) is 0 Å². The molecule has 1 saturated heterocycles. The Bertz CT molecular complexity index is 449. The van der Waals surface area contributed by atoms with Gasteiger partial charge < -0.3 is 10.2 Å². The van der Waals surface area contributed by atoms with Crippen molar-refractivity contribution in [1.82, 2.24) is 4.90 Å². The standard InChI is InChI=1S/C15H21F3N2/c1-11-3-4-13(9-14(11)15(16,17)18)19-10-12-5-7-20(2)8-6-12/h3-4,9,12,19H,5-8,10H2,1-2H3. The Hall–Kier alpha value is -1.23. The van der Waals surface area contributed by atoms with Gasteiger partial charge in [-0.25, -0.2) is 0 Å². The van der Waals surface area contributed by atoms with Gasteiger partial charge in [0.2, 0.25) is 0 Å². The number of piperidine rings is 1. The second-order valence-corrected chi connectivity index (χ2v) is 5.66. The Morgan fingerprint density at radius 1 is 1.25 bits per heavy atom. The lowest BCUT2D eigenvalue weighted by molar-refractivity contribution is -0.138. The third-order valence-corrected chi connectivity index (χ3v) is 3.98. The van der Waals surface area contributed by atoms with Crippen LogP contribution in [0.1, 0.15) is 24.0 Å². The molecule has 0 spiro atoms. The van der Waals surface area contributed by atoms with Crippen molar-refractivity contribution in [3.8, 4) is 0 Å². The Balaban J connectivity index is 1.96. The predicted octanol–water partition coefficient (Wildman–Crippen LogP) is 3.77. The Morgan fingerprint density at radius 3 is 2.50 bits per heavy atom. The van der Waals surface area contributed by atoms with Crippen LogP contribution in [0.3, 0.4) is 0 Å². The first-order valence-electron chi connectivity index (χ1n) is 6.96. The SMILES string of the molecule is Cc1ccc(NCC2CCN(C)CC2)cc1C(F)(F)F. The summed E-state index contributed by atoms with van der Waals surface area (Å²) in [6.45, 7) is 4.36. The highest BCUT2D eigenvalue weighted by Gasteiger charge is 2.32. The van der Waals surface area contributed by atoms with Crippen LogP contribution in [0.2, 0.25) is 0 Å². The molecule has 0 unspecified atom stereocenters. The van der Waals surface area contributed by atoms with E-state index < -0.39 is 11.7 Å². The highest BCUT2D eigenvalue weighted by Crippen LogP contribution is 2.33. The molecule has 0 atom stereocenters. The van der Waals surface area contributed by atoms with Crippen LogP contribution < -0.4 is 5.32 Å². The molecule has 0 saturated carbocycles. The number of hydrogen-bond acceptors (Lipinski definition) is 2. The van der Waals surface area contributed by atoms with E-state index in [1.54, 1.807) is 6.07 Å². The molecule has 0 aliphatic carbocycles. The third kappa shape index (κ3) is 3.88. The molecule has 112 valence electrons. The fraction of sp³-hybridized carbons (Fsp3) is 0.600. The quantitative estimate of drug-likeness (QED) is 0.910. The van der Waals surface area contributed by atoms with E-state index in [4.69, 9.17) is 0 Å². The minimum absolute atomic E-state index is 0.266. The number of anilines is 1. The van der Waals surface area contributed by atoms with E-state index in [0.29, 0.717) is 11.6 Å². The lowest BCUT2D eigenvalue weighted by atomic mass is 9.97. The summed E-state index contributed by atoms with van der Waals surface area (Å²) >= 11 is 0. The smallest absolute Gasteiger partial charge is 0.385 e. The number of hydrogen-bond donors (Lipinski definition) is 1. The summed E-state index contributed by atoms with van der Waals surface area (Å²) < 4.78 is 38.5. The summed E-state index contributed by atoms with van der Waals surface area (Å²) in [6.07, 6.45) is -2.09. The molecule has 1 aromatic rings. The van der Waals surface area contributed by atoms with Gasteiger partial charge in [0.1, 0.15) is 0 Å². The van der Waals surface area contributed by atoms with Crippen LogP contribution >= 0.6 is 0 Å². The molecule has 0 amide bonds. The molecule has 20 heavy (non-hydrogen) atoms. The first-order valence-corrected chi connectivity index (χ1v) is 6.96. The van der Waals surface area contributed by atoms with Gasteiger partial charge in [-0.3, -0.25) is 0 Å². The maximum Gasteiger partial charge on any atom is 0.416 e. The van der Waals surface area contributed by atoms with E-state index in [0.717, 1.165) is 32.5 Å². The second kappa shape index (κ2) is 6.04. The van der Waals surface area contributed by atoms with Crippen molar-refractivity contribution in [2.24, 2.45) is 5.92 Å². The summed E-state index contributed by atoms with van der Waals surface area (Å²) in [5, 5.41) is 3.15. The molecule has 0 aromatic heterocycles. The Morgan fingerprint density at radius 2 is 1.90 bits per heavy atom. The summed E-state index contributed by atoms with van der Waals surface area (Å²) in [4.78, 5) is 2.28. The molecule has 0 bridgehead atoms. The highest BCUT2D eigenvalue weighted by molar-refractivity contribution is 5.49. The van der Waals surface area contributed by atoms with Crippen molar-refractivity contribution in [2.75, 3.05) is 32.0 Å². The molecule has 0 radical (unpaired) electrons. The number of halogens is 3. The van der Waals surface area contributed by atoms with Gasteiger partial charge in [0.05, 0.1) is 5.56 Å². The van der Waals surface area contributed by atoms with Crippen molar-refractivity contribution in [2.45, 2.75) is 25.9 Å². The monoisotopic (exact) mass is 286 g/mol. The van der Waals surface area contributed by atoms with E-state index in [1.165, 1.54) is 19.1 Å². The van der Waals surface area contributed by atoms with Crippen molar-refractivity contribution in [3.05, 3.63) is 29.3 Å². The number of nitrogens with one attached hydrogen (secondary N) is 1. The van der Waals surface area contributed by atoms with E-state index in [-0.39, 0.29) is 5.56 Å². The van der Waals surface area contributed by atoms with Crippen LogP contribution in [0.5, 0.6) is 0 Å². The zero-order valence-electron chi connectivity index (χ0n) is 11.9. The predicted molar refractivity (Wildman–Crippen MR) is 74.9 cm³/mol. The lowest BCUT2D eigenvalue weighted by Crippen LogP contribution is -2.32. The zero-order valence-corrected chi connectivity index (χ0v) is 11.9. The number of alkyl halides is 3. The van der Waals surface area contributed by atoms with E-state index in [2.05, 4.69) is 17.3 Å².